The second-order valence-electron chi connectivity index (χ2n) is 4.13. The van der Waals surface area contributed by atoms with Crippen LogP contribution in [-0.2, 0) is 4.79 Å². The Hall–Kier alpha value is -1.87. The molecule has 0 saturated carbocycles. The van der Waals surface area contributed by atoms with E-state index in [9.17, 15) is 4.79 Å². The summed E-state index contributed by atoms with van der Waals surface area (Å²) in [7, 11) is 0. The molecule has 0 fully saturated rings. The standard InChI is InChI=1S/C14H9Cl3N2O3/c15-8-4-9(16)14(10(17)5-8)22-7-13(20)19-11(6-18)12-2-1-3-21-12/h1-5,11H,7H2,(H,19,20). The summed E-state index contributed by atoms with van der Waals surface area (Å²) in [4.78, 5) is 11.8. The Bertz CT molecular complexity index is 688. The maximum absolute atomic E-state index is 11.8. The molecule has 2 rings (SSSR count). The first-order chi connectivity index (χ1) is 10.5. The summed E-state index contributed by atoms with van der Waals surface area (Å²) in [5.74, 6) is -0.0437. The molecule has 1 aromatic carbocycles. The number of furan rings is 1. The predicted octanol–water partition coefficient (Wildman–Crippen LogP) is 4.00. The normalized spacial score (nSPS) is 11.5. The number of amides is 1. The van der Waals surface area contributed by atoms with E-state index in [4.69, 9.17) is 49.2 Å². The number of carbonyl (C=O) groups is 1. The molecule has 8 heteroatoms. The number of nitrogens with one attached hydrogen (secondary N) is 1. The fraction of sp³-hybridized carbons (Fsp3) is 0.143. The number of nitrogens with zero attached hydrogens (tertiary/aromatic N) is 1. The van der Waals surface area contributed by atoms with Gasteiger partial charge in [-0.2, -0.15) is 5.26 Å². The van der Waals surface area contributed by atoms with E-state index in [1.54, 1.807) is 12.1 Å². The highest BCUT2D eigenvalue weighted by Crippen LogP contribution is 2.35. The Balaban J connectivity index is 1.98. The molecule has 0 saturated heterocycles. The predicted molar refractivity (Wildman–Crippen MR) is 82.2 cm³/mol. The summed E-state index contributed by atoms with van der Waals surface area (Å²) >= 11 is 17.7. The number of hydrogen-bond acceptors (Lipinski definition) is 4. The van der Waals surface area contributed by atoms with Crippen LogP contribution in [0.1, 0.15) is 11.8 Å². The van der Waals surface area contributed by atoms with Crippen molar-refractivity contribution in [3.63, 3.8) is 0 Å². The quantitative estimate of drug-likeness (QED) is 0.875. The summed E-state index contributed by atoms with van der Waals surface area (Å²) in [6.45, 7) is -0.361. The molecule has 0 aliphatic rings. The van der Waals surface area contributed by atoms with Crippen LogP contribution in [0.3, 0.4) is 0 Å². The summed E-state index contributed by atoms with van der Waals surface area (Å²) in [5.41, 5.74) is 0. The molecule has 0 aliphatic carbocycles. The van der Waals surface area contributed by atoms with Gasteiger partial charge >= 0.3 is 0 Å². The van der Waals surface area contributed by atoms with Crippen molar-refractivity contribution in [2.45, 2.75) is 6.04 Å². The Labute approximate surface area is 141 Å². The van der Waals surface area contributed by atoms with Crippen molar-refractivity contribution in [1.29, 1.82) is 5.26 Å². The fourth-order valence-electron chi connectivity index (χ4n) is 1.63. The molecule has 1 unspecified atom stereocenters. The van der Waals surface area contributed by atoms with Gasteiger partial charge in [0.25, 0.3) is 5.91 Å². The van der Waals surface area contributed by atoms with Crippen LogP contribution < -0.4 is 10.1 Å². The van der Waals surface area contributed by atoms with Crippen molar-refractivity contribution in [3.8, 4) is 11.8 Å². The van der Waals surface area contributed by atoms with E-state index in [1.165, 1.54) is 18.4 Å². The third-order valence-electron chi connectivity index (χ3n) is 2.57. The van der Waals surface area contributed by atoms with Crippen molar-refractivity contribution >= 4 is 40.7 Å². The van der Waals surface area contributed by atoms with E-state index >= 15 is 0 Å². The molecule has 0 bridgehead atoms. The van der Waals surface area contributed by atoms with Crippen molar-refractivity contribution in [1.82, 2.24) is 5.32 Å². The van der Waals surface area contributed by atoms with Gasteiger partial charge in [-0.05, 0) is 24.3 Å². The zero-order valence-corrected chi connectivity index (χ0v) is 13.2. The lowest BCUT2D eigenvalue weighted by molar-refractivity contribution is -0.123. The lowest BCUT2D eigenvalue weighted by atomic mass is 10.2. The van der Waals surface area contributed by atoms with Crippen LogP contribution in [-0.4, -0.2) is 12.5 Å². The highest BCUT2D eigenvalue weighted by molar-refractivity contribution is 6.40. The number of carbonyl (C=O) groups excluding carboxylic acids is 1. The van der Waals surface area contributed by atoms with Crippen molar-refractivity contribution in [3.05, 3.63) is 51.4 Å². The molecule has 5 nitrogen and oxygen atoms in total. The van der Waals surface area contributed by atoms with Crippen LogP contribution in [0.15, 0.2) is 34.9 Å². The third-order valence-corrected chi connectivity index (χ3v) is 3.35. The molecule has 0 aliphatic heterocycles. The Morgan fingerprint density at radius 3 is 2.59 bits per heavy atom. The molecule has 114 valence electrons. The summed E-state index contributed by atoms with van der Waals surface area (Å²) < 4.78 is 10.3. The van der Waals surface area contributed by atoms with Gasteiger partial charge in [0.2, 0.25) is 0 Å². The minimum Gasteiger partial charge on any atom is -0.481 e. The topological polar surface area (TPSA) is 75.3 Å². The van der Waals surface area contributed by atoms with Gasteiger partial charge in [0.15, 0.2) is 18.4 Å². The smallest absolute Gasteiger partial charge is 0.259 e. The van der Waals surface area contributed by atoms with E-state index in [0.717, 1.165) is 0 Å². The Morgan fingerprint density at radius 1 is 1.36 bits per heavy atom. The van der Waals surface area contributed by atoms with Crippen molar-refractivity contribution in [2.75, 3.05) is 6.61 Å². The average Bonchev–Trinajstić information content (AvgIpc) is 2.97. The first-order valence-electron chi connectivity index (χ1n) is 6.01. The first-order valence-corrected chi connectivity index (χ1v) is 7.14. The number of nitriles is 1. The number of hydrogen-bond donors (Lipinski definition) is 1. The molecule has 1 N–H and O–H groups in total. The van der Waals surface area contributed by atoms with Gasteiger partial charge in [-0.3, -0.25) is 4.79 Å². The summed E-state index contributed by atoms with van der Waals surface area (Å²) in [6.07, 6.45) is 1.41. The van der Waals surface area contributed by atoms with Crippen LogP contribution in [0.25, 0.3) is 0 Å². The molecular weight excluding hydrogens is 351 g/mol. The maximum Gasteiger partial charge on any atom is 0.259 e. The number of ether oxygens (including phenoxy) is 1. The van der Waals surface area contributed by atoms with Gasteiger partial charge in [0, 0.05) is 5.02 Å². The van der Waals surface area contributed by atoms with Gasteiger partial charge in [0.05, 0.1) is 22.4 Å². The van der Waals surface area contributed by atoms with Gasteiger partial charge in [-0.1, -0.05) is 34.8 Å². The number of rotatable bonds is 5. The van der Waals surface area contributed by atoms with Crippen LogP contribution in [0.2, 0.25) is 15.1 Å². The van der Waals surface area contributed by atoms with E-state index in [2.05, 4.69) is 5.32 Å². The summed E-state index contributed by atoms with van der Waals surface area (Å²) in [5, 5.41) is 12.2. The highest BCUT2D eigenvalue weighted by atomic mass is 35.5. The Kier molecular flexibility index (Phi) is 5.56. The van der Waals surface area contributed by atoms with Gasteiger partial charge < -0.3 is 14.5 Å². The zero-order chi connectivity index (χ0) is 16.1. The summed E-state index contributed by atoms with van der Waals surface area (Å²) in [6, 6.07) is 7.11. The lowest BCUT2D eigenvalue weighted by Gasteiger charge is -2.12. The van der Waals surface area contributed by atoms with E-state index in [1.807, 2.05) is 6.07 Å². The number of benzene rings is 1. The van der Waals surface area contributed by atoms with Crippen molar-refractivity contribution < 1.29 is 13.9 Å². The lowest BCUT2D eigenvalue weighted by Crippen LogP contribution is -2.31. The van der Waals surface area contributed by atoms with Gasteiger partial charge in [0.1, 0.15) is 5.76 Å². The second-order valence-corrected chi connectivity index (χ2v) is 5.38. The molecule has 1 amide bonds. The Morgan fingerprint density at radius 2 is 2.05 bits per heavy atom. The molecule has 22 heavy (non-hydrogen) atoms. The number of halogens is 3. The van der Waals surface area contributed by atoms with Gasteiger partial charge in [-0.15, -0.1) is 0 Å². The van der Waals surface area contributed by atoms with Crippen LogP contribution in [0, 0.1) is 11.3 Å². The van der Waals surface area contributed by atoms with E-state index in [-0.39, 0.29) is 22.4 Å². The first kappa shape index (κ1) is 16.5. The molecule has 1 atom stereocenters. The van der Waals surface area contributed by atoms with Crippen molar-refractivity contribution in [2.24, 2.45) is 0 Å². The maximum atomic E-state index is 11.8. The van der Waals surface area contributed by atoms with Crippen LogP contribution >= 0.6 is 34.8 Å². The molecule has 1 aromatic heterocycles. The molecule has 2 aromatic rings. The highest BCUT2D eigenvalue weighted by Gasteiger charge is 2.17. The molecular formula is C14H9Cl3N2O3. The fourth-order valence-corrected chi connectivity index (χ4v) is 2.56. The largest absolute Gasteiger partial charge is 0.481 e. The molecule has 0 radical (unpaired) electrons. The van der Waals surface area contributed by atoms with Gasteiger partial charge in [-0.25, -0.2) is 0 Å². The monoisotopic (exact) mass is 358 g/mol. The average molecular weight is 360 g/mol. The minimum absolute atomic E-state index is 0.148. The third kappa shape index (κ3) is 4.08. The van der Waals surface area contributed by atoms with Crippen LogP contribution in [0.5, 0.6) is 5.75 Å². The SMILES string of the molecule is N#CC(NC(=O)COc1c(Cl)cc(Cl)cc1Cl)c1ccco1. The minimum atomic E-state index is -0.901. The molecule has 1 heterocycles. The molecule has 0 spiro atoms. The van der Waals surface area contributed by atoms with Crippen LogP contribution in [0.4, 0.5) is 0 Å². The van der Waals surface area contributed by atoms with E-state index < -0.39 is 11.9 Å². The second kappa shape index (κ2) is 7.41. The zero-order valence-electron chi connectivity index (χ0n) is 11.0. The van der Waals surface area contributed by atoms with E-state index in [0.29, 0.717) is 10.8 Å².